The molecular weight excluding hydrogens is 402 g/mol. The van der Waals surface area contributed by atoms with Crippen molar-refractivity contribution < 1.29 is 9.84 Å². The number of hydrogen-bond acceptors (Lipinski definition) is 5. The first kappa shape index (κ1) is 22.7. The number of aromatic nitrogens is 1. The molecule has 2 unspecified atom stereocenters. The van der Waals surface area contributed by atoms with Crippen LogP contribution < -0.4 is 10.2 Å². The first-order valence-electron chi connectivity index (χ1n) is 11.8. The summed E-state index contributed by atoms with van der Waals surface area (Å²) in [6.07, 6.45) is 8.89. The summed E-state index contributed by atoms with van der Waals surface area (Å²) in [6.45, 7) is 3.16. The first-order chi connectivity index (χ1) is 15.5. The van der Waals surface area contributed by atoms with Crippen LogP contribution in [-0.2, 0) is 4.74 Å². The van der Waals surface area contributed by atoms with E-state index in [1.54, 1.807) is 14.0 Å². The Kier molecular flexibility index (Phi) is 7.37. The van der Waals surface area contributed by atoms with Crippen molar-refractivity contribution in [3.8, 4) is 0 Å². The first-order valence-corrected chi connectivity index (χ1v) is 11.8. The third-order valence-electron chi connectivity index (χ3n) is 6.70. The molecule has 1 aromatic heterocycles. The molecular formula is C25H36N5O2+. The highest BCUT2D eigenvalue weighted by Gasteiger charge is 2.33. The van der Waals surface area contributed by atoms with Gasteiger partial charge in [-0.25, -0.2) is 4.98 Å². The molecule has 32 heavy (non-hydrogen) atoms. The fraction of sp³-hybridized carbons (Fsp3) is 0.560. The van der Waals surface area contributed by atoms with Gasteiger partial charge in [-0.3, -0.25) is 5.41 Å². The number of aliphatic imine (C=N–C) groups is 1. The normalized spacial score (nSPS) is 23.3. The predicted molar refractivity (Wildman–Crippen MR) is 131 cm³/mol. The maximum Gasteiger partial charge on any atom is 0.369 e. The molecule has 4 rings (SSSR count). The molecule has 2 atom stereocenters. The number of amidine groups is 1. The van der Waals surface area contributed by atoms with Gasteiger partial charge in [-0.15, -0.1) is 0 Å². The number of nitrogens with zero attached hydrogens (tertiary/aromatic N) is 3. The number of anilines is 1. The molecule has 172 valence electrons. The fourth-order valence-corrected chi connectivity index (χ4v) is 5.04. The van der Waals surface area contributed by atoms with Crippen molar-refractivity contribution >= 4 is 28.5 Å². The second-order valence-corrected chi connectivity index (χ2v) is 9.07. The highest BCUT2D eigenvalue weighted by Crippen LogP contribution is 2.28. The van der Waals surface area contributed by atoms with E-state index in [1.165, 1.54) is 38.5 Å². The Labute approximate surface area is 190 Å². The molecule has 1 aliphatic heterocycles. The monoisotopic (exact) mass is 438 g/mol. The summed E-state index contributed by atoms with van der Waals surface area (Å²) in [5, 5.41) is 21.1. The lowest BCUT2D eigenvalue weighted by Crippen LogP contribution is -2.56. The molecule has 7 heteroatoms. The molecule has 2 heterocycles. The van der Waals surface area contributed by atoms with E-state index in [0.717, 1.165) is 36.2 Å². The van der Waals surface area contributed by atoms with Gasteiger partial charge in [-0.05, 0) is 38.3 Å². The summed E-state index contributed by atoms with van der Waals surface area (Å²) in [4.78, 5) is 11.3. The largest absolute Gasteiger partial charge is 0.578 e. The van der Waals surface area contributed by atoms with Crippen LogP contribution in [0, 0.1) is 5.41 Å². The van der Waals surface area contributed by atoms with Crippen molar-refractivity contribution in [2.24, 2.45) is 4.99 Å². The maximum atomic E-state index is 8.50. The van der Waals surface area contributed by atoms with Gasteiger partial charge in [0, 0.05) is 37.7 Å². The van der Waals surface area contributed by atoms with E-state index < -0.39 is 0 Å². The summed E-state index contributed by atoms with van der Waals surface area (Å²) in [6, 6.07) is 10.9. The van der Waals surface area contributed by atoms with E-state index in [-0.39, 0.29) is 17.8 Å². The van der Waals surface area contributed by atoms with Gasteiger partial charge in [0.2, 0.25) is 0 Å². The van der Waals surface area contributed by atoms with Crippen LogP contribution in [0.25, 0.3) is 10.9 Å². The Bertz CT molecular complexity index is 968. The molecule has 1 saturated heterocycles. The third-order valence-corrected chi connectivity index (χ3v) is 6.70. The molecule has 7 nitrogen and oxygen atoms in total. The molecule has 1 saturated carbocycles. The van der Waals surface area contributed by atoms with Crippen LogP contribution in [-0.4, -0.2) is 60.2 Å². The number of fused-ring (bicyclic) bond motifs is 1. The maximum absolute atomic E-state index is 8.50. The Morgan fingerprint density at radius 3 is 2.66 bits per heavy atom. The van der Waals surface area contributed by atoms with Gasteiger partial charge < -0.3 is 20.1 Å². The minimum Gasteiger partial charge on any atom is -0.578 e. The van der Waals surface area contributed by atoms with Crippen molar-refractivity contribution in [2.45, 2.75) is 70.1 Å². The van der Waals surface area contributed by atoms with E-state index >= 15 is 0 Å². The van der Waals surface area contributed by atoms with Crippen LogP contribution in [0.15, 0.2) is 35.3 Å². The molecule has 0 spiro atoms. The molecule has 2 fully saturated rings. The highest BCUT2D eigenvalue weighted by atomic mass is 16.5. The summed E-state index contributed by atoms with van der Waals surface area (Å²) in [7, 11) is 1.79. The molecule has 2 aromatic rings. The summed E-state index contributed by atoms with van der Waals surface area (Å²) >= 11 is 0. The SMILES string of the molecule is COC1CN(c2nc3ccccc3cc2C([OH2+])=NC(C)=N)CCC1NC1CCCCCC1. The van der Waals surface area contributed by atoms with Crippen LogP contribution in [0.5, 0.6) is 0 Å². The van der Waals surface area contributed by atoms with Crippen LogP contribution in [0.4, 0.5) is 5.82 Å². The average molecular weight is 439 g/mol. The van der Waals surface area contributed by atoms with E-state index in [4.69, 9.17) is 20.2 Å². The van der Waals surface area contributed by atoms with Gasteiger partial charge in [0.25, 0.3) is 0 Å². The van der Waals surface area contributed by atoms with Crippen molar-refractivity contribution in [3.05, 3.63) is 35.9 Å². The van der Waals surface area contributed by atoms with E-state index in [9.17, 15) is 0 Å². The second-order valence-electron chi connectivity index (χ2n) is 9.07. The van der Waals surface area contributed by atoms with Gasteiger partial charge in [0.1, 0.15) is 17.2 Å². The van der Waals surface area contributed by atoms with E-state index in [2.05, 4.69) is 15.2 Å². The minimum atomic E-state index is 0.0590. The molecule has 4 N–H and O–H groups in total. The number of rotatable bonds is 5. The van der Waals surface area contributed by atoms with Gasteiger partial charge >= 0.3 is 5.90 Å². The number of hydrogen-bond donors (Lipinski definition) is 2. The van der Waals surface area contributed by atoms with Crippen molar-refractivity contribution in [2.75, 3.05) is 25.1 Å². The number of para-hydroxylation sites is 1. The summed E-state index contributed by atoms with van der Waals surface area (Å²) < 4.78 is 5.94. The molecule has 0 bridgehead atoms. The number of benzene rings is 1. The van der Waals surface area contributed by atoms with Gasteiger partial charge in [0.15, 0.2) is 0 Å². The van der Waals surface area contributed by atoms with Crippen LogP contribution in [0.1, 0.15) is 57.4 Å². The zero-order valence-electron chi connectivity index (χ0n) is 19.2. The van der Waals surface area contributed by atoms with E-state index in [1.807, 2.05) is 30.3 Å². The lowest BCUT2D eigenvalue weighted by atomic mass is 9.98. The second kappa shape index (κ2) is 10.4. The highest BCUT2D eigenvalue weighted by molar-refractivity contribution is 6.05. The van der Waals surface area contributed by atoms with Crippen molar-refractivity contribution in [1.82, 2.24) is 10.3 Å². The summed E-state index contributed by atoms with van der Waals surface area (Å²) in [5.74, 6) is 0.960. The Morgan fingerprint density at radius 1 is 1.19 bits per heavy atom. The molecule has 0 amide bonds. The Morgan fingerprint density at radius 2 is 1.94 bits per heavy atom. The van der Waals surface area contributed by atoms with Crippen LogP contribution >= 0.6 is 0 Å². The third kappa shape index (κ3) is 5.27. The molecule has 1 aliphatic carbocycles. The zero-order valence-corrected chi connectivity index (χ0v) is 19.2. The quantitative estimate of drug-likeness (QED) is 0.323. The van der Waals surface area contributed by atoms with E-state index in [0.29, 0.717) is 17.6 Å². The van der Waals surface area contributed by atoms with Gasteiger partial charge in [-0.1, -0.05) is 43.9 Å². The van der Waals surface area contributed by atoms with Gasteiger partial charge in [0.05, 0.1) is 11.6 Å². The minimum absolute atomic E-state index is 0.0590. The fourth-order valence-electron chi connectivity index (χ4n) is 5.04. The molecule has 2 aliphatic rings. The number of methoxy groups -OCH3 is 1. The predicted octanol–water partition coefficient (Wildman–Crippen LogP) is 3.61. The smallest absolute Gasteiger partial charge is 0.369 e. The van der Waals surface area contributed by atoms with Crippen LogP contribution in [0.2, 0.25) is 0 Å². The van der Waals surface area contributed by atoms with Gasteiger partial charge in [-0.2, -0.15) is 4.99 Å². The topological polar surface area (TPSA) is 96.5 Å². The Balaban J connectivity index is 1.59. The Hall–Kier alpha value is -2.51. The number of pyridine rings is 1. The summed E-state index contributed by atoms with van der Waals surface area (Å²) in [5.41, 5.74) is 1.57. The molecule has 1 aromatic carbocycles. The number of piperidine rings is 1. The average Bonchev–Trinajstić information content (AvgIpc) is 3.06. The number of nitrogens with one attached hydrogen (secondary N) is 2. The van der Waals surface area contributed by atoms with Crippen LogP contribution in [0.3, 0.4) is 0 Å². The standard InChI is InChI=1S/C25H35N5O2/c1-17(26)27-25(31)20-15-18-9-7-8-12-21(18)29-24(20)30-14-13-22(23(16-30)32-2)28-19-10-5-3-4-6-11-19/h7-9,12,15,19,22-23,28H,3-6,10-11,13-14,16H2,1-2H3,(H2,26,27,31)/p+1. The van der Waals surface area contributed by atoms with Crippen molar-refractivity contribution in [1.29, 1.82) is 5.41 Å². The zero-order chi connectivity index (χ0) is 22.5. The lowest BCUT2D eigenvalue weighted by molar-refractivity contribution is 0.0546. The van der Waals surface area contributed by atoms with Crippen molar-refractivity contribution in [3.63, 3.8) is 0 Å². The molecule has 0 radical (unpaired) electrons. The number of ether oxygens (including phenoxy) is 1. The lowest BCUT2D eigenvalue weighted by Gasteiger charge is -2.40.